The molecule has 1 aromatic heterocycles. The Bertz CT molecular complexity index is 1490. The van der Waals surface area contributed by atoms with Gasteiger partial charge in [-0.05, 0) is 37.0 Å². The fourth-order valence-corrected chi connectivity index (χ4v) is 6.99. The number of hydrogen-bond donors (Lipinski definition) is 2. The molecule has 9 nitrogen and oxygen atoms in total. The molecular weight excluding hydrogens is 571 g/mol. The molecule has 0 bridgehead atoms. The molecule has 0 spiro atoms. The highest BCUT2D eigenvalue weighted by Gasteiger charge is 2.65. The quantitative estimate of drug-likeness (QED) is 0.332. The first-order chi connectivity index (χ1) is 20.1. The van der Waals surface area contributed by atoms with Crippen LogP contribution in [0.4, 0.5) is 13.2 Å². The highest BCUT2D eigenvalue weighted by molar-refractivity contribution is 7.11. The van der Waals surface area contributed by atoms with Crippen molar-refractivity contribution in [3.63, 3.8) is 0 Å². The number of hydrogen-bond acceptors (Lipinski definition) is 9. The Hall–Kier alpha value is -3.55. The fourth-order valence-electron chi connectivity index (χ4n) is 6.41. The molecule has 2 N–H and O–H groups in total. The number of nitrogens with zero attached hydrogens (tertiary/aromatic N) is 4. The van der Waals surface area contributed by atoms with Crippen LogP contribution in [-0.4, -0.2) is 88.0 Å². The monoisotopic (exact) mass is 601 g/mol. The number of carboxylic acids is 1. The first-order valence-corrected chi connectivity index (χ1v) is 14.5. The number of carbonyl (C=O) groups is 2. The second-order valence-electron chi connectivity index (χ2n) is 11.2. The van der Waals surface area contributed by atoms with Gasteiger partial charge in [0.1, 0.15) is 24.0 Å². The molecule has 2 saturated heterocycles. The summed E-state index contributed by atoms with van der Waals surface area (Å²) in [5.41, 5.74) is -0.239. The van der Waals surface area contributed by atoms with Crippen LogP contribution >= 0.6 is 11.3 Å². The van der Waals surface area contributed by atoms with Crippen molar-refractivity contribution in [3.8, 4) is 0 Å². The molecular formula is C29H30F3N5O4S. The Morgan fingerprint density at radius 3 is 2.76 bits per heavy atom. The first kappa shape index (κ1) is 28.6. The molecule has 4 heterocycles. The average molecular weight is 602 g/mol. The summed E-state index contributed by atoms with van der Waals surface area (Å²) in [6.07, 6.45) is 4.11. The summed E-state index contributed by atoms with van der Waals surface area (Å²) in [6, 6.07) is 2.69. The minimum Gasteiger partial charge on any atom is -0.478 e. The zero-order valence-electron chi connectivity index (χ0n) is 22.9. The van der Waals surface area contributed by atoms with Crippen LogP contribution in [0.25, 0.3) is 0 Å². The fraction of sp³-hybridized carbons (Fsp3) is 0.448. The van der Waals surface area contributed by atoms with Crippen molar-refractivity contribution in [1.29, 1.82) is 0 Å². The van der Waals surface area contributed by atoms with Crippen molar-refractivity contribution >= 4 is 29.1 Å². The lowest BCUT2D eigenvalue weighted by Crippen LogP contribution is -2.47. The molecule has 13 heteroatoms. The molecule has 3 fully saturated rings. The molecule has 4 aliphatic rings. The lowest BCUT2D eigenvalue weighted by atomic mass is 9.92. The lowest BCUT2D eigenvalue weighted by Gasteiger charge is -2.32. The second kappa shape index (κ2) is 10.6. The van der Waals surface area contributed by atoms with Gasteiger partial charge >= 0.3 is 11.9 Å². The minimum atomic E-state index is -3.05. The van der Waals surface area contributed by atoms with E-state index in [1.54, 1.807) is 34.4 Å². The van der Waals surface area contributed by atoms with Gasteiger partial charge in [-0.15, -0.1) is 11.3 Å². The van der Waals surface area contributed by atoms with Crippen LogP contribution in [0.15, 0.2) is 58.7 Å². The number of aromatic nitrogens is 1. The van der Waals surface area contributed by atoms with Gasteiger partial charge in [-0.25, -0.2) is 22.9 Å². The summed E-state index contributed by atoms with van der Waals surface area (Å²) >= 11 is 1.28. The number of esters is 1. The highest BCUT2D eigenvalue weighted by atomic mass is 32.1. The van der Waals surface area contributed by atoms with Crippen LogP contribution in [0.3, 0.4) is 0 Å². The van der Waals surface area contributed by atoms with Crippen LogP contribution in [0.1, 0.15) is 35.0 Å². The third-order valence-corrected chi connectivity index (χ3v) is 9.49. The third-order valence-electron chi connectivity index (χ3n) is 8.71. The van der Waals surface area contributed by atoms with Crippen LogP contribution in [0.2, 0.25) is 0 Å². The number of aliphatic carboxylic acids is 1. The molecule has 3 atom stereocenters. The summed E-state index contributed by atoms with van der Waals surface area (Å²) in [4.78, 5) is 37.8. The zero-order chi connectivity index (χ0) is 29.8. The number of aliphatic imine (C=N–C) groups is 1. The molecule has 1 saturated carbocycles. The van der Waals surface area contributed by atoms with Gasteiger partial charge in [0.25, 0.3) is 5.92 Å². The Kier molecular flexibility index (Phi) is 7.22. The first-order valence-electron chi connectivity index (χ1n) is 13.7. The van der Waals surface area contributed by atoms with E-state index in [0.29, 0.717) is 23.4 Å². The molecule has 0 amide bonds. The van der Waals surface area contributed by atoms with Crippen LogP contribution in [-0.2, 0) is 14.3 Å². The Morgan fingerprint density at radius 2 is 2.10 bits per heavy atom. The third kappa shape index (κ3) is 4.82. The van der Waals surface area contributed by atoms with Crippen molar-refractivity contribution in [2.75, 3.05) is 32.8 Å². The number of halogens is 3. The molecule has 1 unspecified atom stereocenters. The number of likely N-dealkylation sites (tertiary alicyclic amines) is 2. The van der Waals surface area contributed by atoms with Gasteiger partial charge in [0.15, 0.2) is 10.8 Å². The molecule has 42 heavy (non-hydrogen) atoms. The number of carbonyl (C=O) groups excluding carboxylic acids is 1. The molecule has 0 radical (unpaired) electrons. The van der Waals surface area contributed by atoms with E-state index >= 15 is 8.78 Å². The number of fused-ring (bicyclic) bond motifs is 1. The van der Waals surface area contributed by atoms with Crippen LogP contribution in [0, 0.1) is 18.7 Å². The van der Waals surface area contributed by atoms with Gasteiger partial charge < -0.3 is 15.2 Å². The van der Waals surface area contributed by atoms with E-state index in [2.05, 4.69) is 21.9 Å². The van der Waals surface area contributed by atoms with Crippen molar-refractivity contribution in [3.05, 3.63) is 75.7 Å². The Morgan fingerprint density at radius 1 is 1.31 bits per heavy atom. The lowest BCUT2D eigenvalue weighted by molar-refractivity contribution is -0.151. The molecule has 2 aromatic rings. The number of alkyl halides is 2. The van der Waals surface area contributed by atoms with Crippen molar-refractivity contribution < 1.29 is 32.6 Å². The van der Waals surface area contributed by atoms with Gasteiger partial charge in [-0.3, -0.25) is 19.6 Å². The maximum absolute atomic E-state index is 15.5. The van der Waals surface area contributed by atoms with Crippen molar-refractivity contribution in [2.45, 2.75) is 43.3 Å². The predicted molar refractivity (Wildman–Crippen MR) is 149 cm³/mol. The molecule has 1 aliphatic carbocycles. The number of thiazole rings is 1. The van der Waals surface area contributed by atoms with Gasteiger partial charge in [0.05, 0.1) is 18.0 Å². The van der Waals surface area contributed by atoms with Gasteiger partial charge in [-0.1, -0.05) is 24.8 Å². The molecule has 3 aliphatic heterocycles. The van der Waals surface area contributed by atoms with E-state index in [9.17, 15) is 19.1 Å². The molecule has 6 rings (SSSR count). The topological polar surface area (TPSA) is 107 Å². The minimum absolute atomic E-state index is 0.0343. The van der Waals surface area contributed by atoms with Crippen molar-refractivity contribution in [1.82, 2.24) is 20.1 Å². The van der Waals surface area contributed by atoms with E-state index < -0.39 is 53.8 Å². The number of carboxylic acid groups (broad SMARTS) is 1. The highest BCUT2D eigenvalue weighted by Crippen LogP contribution is 2.51. The van der Waals surface area contributed by atoms with Crippen molar-refractivity contribution in [2.24, 2.45) is 10.9 Å². The summed E-state index contributed by atoms with van der Waals surface area (Å²) in [5.74, 6) is -6.02. The van der Waals surface area contributed by atoms with E-state index in [4.69, 9.17) is 4.74 Å². The molecule has 1 aromatic carbocycles. The summed E-state index contributed by atoms with van der Waals surface area (Å²) in [5, 5.41) is 15.7. The number of nitrogens with one attached hydrogen (secondary N) is 1. The second-order valence-corrected chi connectivity index (χ2v) is 12.1. The number of ether oxygens (including phenoxy) is 1. The van der Waals surface area contributed by atoms with E-state index in [-0.39, 0.29) is 48.9 Å². The smallest absolute Gasteiger partial charge is 0.335 e. The van der Waals surface area contributed by atoms with Gasteiger partial charge in [0.2, 0.25) is 0 Å². The Labute approximate surface area is 244 Å². The van der Waals surface area contributed by atoms with Crippen LogP contribution in [0.5, 0.6) is 0 Å². The maximum Gasteiger partial charge on any atom is 0.335 e. The predicted octanol–water partition coefficient (Wildman–Crippen LogP) is 3.53. The van der Waals surface area contributed by atoms with E-state index in [1.807, 2.05) is 0 Å². The van der Waals surface area contributed by atoms with E-state index in [0.717, 1.165) is 0 Å². The number of benzene rings is 1. The molecule has 222 valence electrons. The average Bonchev–Trinajstić information content (AvgIpc) is 3.28. The number of amidine groups is 1. The largest absolute Gasteiger partial charge is 0.478 e. The summed E-state index contributed by atoms with van der Waals surface area (Å²) < 4.78 is 50.8. The number of rotatable bonds is 9. The standard InChI is InChI=1S/C29H30F3N5O4S/c1-3-10-41-27(40)28(7-8-28)37-12-18-21(14-37)36(15-29(18,31)32)13-20-22(26(38)39)23(17-5-4-6-19(30)16(17)2)35-24(34-20)25-33-9-11-42-25/h3-6,9,11,18,21,23H,1,7-8,10,12-15H2,2H3,(H,34,35)(H,38,39)/t18-,21+,23?/m1/s1. The maximum atomic E-state index is 15.5. The van der Waals surface area contributed by atoms with E-state index in [1.165, 1.54) is 29.5 Å². The normalized spacial score (nSPS) is 26.4. The van der Waals surface area contributed by atoms with Gasteiger partial charge in [0, 0.05) is 43.0 Å². The Balaban J connectivity index is 1.34. The SMILES string of the molecule is C=CCOC(=O)C1(N2C[C@@H]3[C@H](C2)N(CC2=C(C(=O)O)C(c4cccc(F)c4C)N=C(c4nccs4)N2)CC3(F)F)CC1. The summed E-state index contributed by atoms with van der Waals surface area (Å²) in [7, 11) is 0. The summed E-state index contributed by atoms with van der Waals surface area (Å²) in [6.45, 7) is 4.73. The van der Waals surface area contributed by atoms with Crippen LogP contribution < -0.4 is 5.32 Å². The zero-order valence-corrected chi connectivity index (χ0v) is 23.7. The van der Waals surface area contributed by atoms with Gasteiger partial charge in [-0.2, -0.15) is 0 Å².